The van der Waals surface area contributed by atoms with Gasteiger partial charge in [-0.15, -0.1) is 11.8 Å². The maximum absolute atomic E-state index is 12.5. The van der Waals surface area contributed by atoms with E-state index in [9.17, 15) is 4.79 Å². The monoisotopic (exact) mass is 397 g/mol. The van der Waals surface area contributed by atoms with Crippen molar-refractivity contribution in [1.29, 1.82) is 0 Å². The Hall–Kier alpha value is -2.05. The average Bonchev–Trinajstić information content (AvgIpc) is 3.11. The summed E-state index contributed by atoms with van der Waals surface area (Å²) in [4.78, 5) is 22.8. The van der Waals surface area contributed by atoms with Gasteiger partial charge in [-0.05, 0) is 43.2 Å². The Bertz CT molecular complexity index is 947. The van der Waals surface area contributed by atoms with E-state index < -0.39 is 0 Å². The molecule has 0 saturated carbocycles. The lowest BCUT2D eigenvalue weighted by Crippen LogP contribution is -2.49. The van der Waals surface area contributed by atoms with Crippen molar-refractivity contribution in [3.05, 3.63) is 53.6 Å². The number of thioether (sulfide) groups is 1. The SMILES string of the molecule is Cc1cc(C)c2nc(N3CCN(C(=O)CSc4ccccc4)CC3)sc2c1. The lowest BCUT2D eigenvalue weighted by atomic mass is 10.1. The van der Waals surface area contributed by atoms with Crippen molar-refractivity contribution in [2.45, 2.75) is 18.7 Å². The van der Waals surface area contributed by atoms with Gasteiger partial charge in [0.1, 0.15) is 0 Å². The Morgan fingerprint density at radius 2 is 1.85 bits per heavy atom. The first-order valence-corrected chi connectivity index (χ1v) is 11.0. The highest BCUT2D eigenvalue weighted by molar-refractivity contribution is 8.00. The van der Waals surface area contributed by atoms with E-state index in [2.05, 4.69) is 30.9 Å². The number of anilines is 1. The van der Waals surface area contributed by atoms with Crippen molar-refractivity contribution in [2.75, 3.05) is 36.8 Å². The normalized spacial score (nSPS) is 14.7. The van der Waals surface area contributed by atoms with Crippen molar-refractivity contribution in [1.82, 2.24) is 9.88 Å². The number of fused-ring (bicyclic) bond motifs is 1. The molecule has 140 valence electrons. The second kappa shape index (κ2) is 7.90. The van der Waals surface area contributed by atoms with Gasteiger partial charge in [-0.3, -0.25) is 4.79 Å². The number of benzene rings is 2. The van der Waals surface area contributed by atoms with Crippen LogP contribution >= 0.6 is 23.1 Å². The van der Waals surface area contributed by atoms with Crippen LogP contribution in [-0.2, 0) is 4.79 Å². The van der Waals surface area contributed by atoms with Gasteiger partial charge in [0.15, 0.2) is 5.13 Å². The minimum absolute atomic E-state index is 0.222. The summed E-state index contributed by atoms with van der Waals surface area (Å²) in [5, 5.41) is 1.07. The molecule has 2 aromatic carbocycles. The van der Waals surface area contributed by atoms with Gasteiger partial charge in [0.05, 0.1) is 16.0 Å². The summed E-state index contributed by atoms with van der Waals surface area (Å²) in [5.41, 5.74) is 3.62. The summed E-state index contributed by atoms with van der Waals surface area (Å²) in [6.07, 6.45) is 0. The molecular weight excluding hydrogens is 374 g/mol. The van der Waals surface area contributed by atoms with Crippen LogP contribution in [0.25, 0.3) is 10.2 Å². The first kappa shape index (κ1) is 18.3. The van der Waals surface area contributed by atoms with Gasteiger partial charge in [-0.25, -0.2) is 4.98 Å². The van der Waals surface area contributed by atoms with Crippen LogP contribution in [0.2, 0.25) is 0 Å². The van der Waals surface area contributed by atoms with Gasteiger partial charge in [-0.1, -0.05) is 35.6 Å². The van der Waals surface area contributed by atoms with E-state index in [4.69, 9.17) is 4.98 Å². The van der Waals surface area contributed by atoms with E-state index in [1.807, 2.05) is 35.2 Å². The topological polar surface area (TPSA) is 36.4 Å². The fraction of sp³-hybridized carbons (Fsp3) is 0.333. The van der Waals surface area contributed by atoms with E-state index in [1.165, 1.54) is 15.8 Å². The van der Waals surface area contributed by atoms with Crippen molar-refractivity contribution in [2.24, 2.45) is 0 Å². The van der Waals surface area contributed by atoms with E-state index in [0.717, 1.165) is 41.7 Å². The summed E-state index contributed by atoms with van der Waals surface area (Å²) in [5.74, 6) is 0.725. The number of hydrogen-bond acceptors (Lipinski definition) is 5. The van der Waals surface area contributed by atoms with Crippen molar-refractivity contribution >= 4 is 44.4 Å². The van der Waals surface area contributed by atoms with Gasteiger partial charge >= 0.3 is 0 Å². The molecule has 3 aromatic rings. The number of amides is 1. The molecule has 4 nitrogen and oxygen atoms in total. The predicted octanol–water partition coefficient (Wildman–Crippen LogP) is 4.35. The number of rotatable bonds is 4. The zero-order valence-corrected chi connectivity index (χ0v) is 17.3. The maximum Gasteiger partial charge on any atom is 0.233 e. The highest BCUT2D eigenvalue weighted by Gasteiger charge is 2.23. The summed E-state index contributed by atoms with van der Waals surface area (Å²) < 4.78 is 1.25. The predicted molar refractivity (Wildman–Crippen MR) is 115 cm³/mol. The fourth-order valence-corrected chi connectivity index (χ4v) is 5.41. The summed E-state index contributed by atoms with van der Waals surface area (Å²) in [6, 6.07) is 14.5. The fourth-order valence-electron chi connectivity index (χ4n) is 3.39. The van der Waals surface area contributed by atoms with E-state index >= 15 is 0 Å². The zero-order valence-electron chi connectivity index (χ0n) is 15.6. The molecular formula is C21H23N3OS2. The van der Waals surface area contributed by atoms with Crippen LogP contribution in [0.3, 0.4) is 0 Å². The standard InChI is InChI=1S/C21H23N3OS2/c1-15-12-16(2)20-18(13-15)27-21(22-20)24-10-8-23(9-11-24)19(25)14-26-17-6-4-3-5-7-17/h3-7,12-13H,8-11,14H2,1-2H3. The second-order valence-electron chi connectivity index (χ2n) is 6.89. The van der Waals surface area contributed by atoms with Crippen LogP contribution < -0.4 is 4.90 Å². The average molecular weight is 398 g/mol. The van der Waals surface area contributed by atoms with Crippen molar-refractivity contribution < 1.29 is 4.79 Å². The number of carbonyl (C=O) groups is 1. The van der Waals surface area contributed by atoms with Crippen LogP contribution in [0, 0.1) is 13.8 Å². The number of thiazole rings is 1. The second-order valence-corrected chi connectivity index (χ2v) is 8.95. The third kappa shape index (κ3) is 4.12. The third-order valence-corrected chi connectivity index (χ3v) is 6.89. The van der Waals surface area contributed by atoms with Crippen molar-refractivity contribution in [3.8, 4) is 0 Å². The number of nitrogens with zero attached hydrogens (tertiary/aromatic N) is 3. The van der Waals surface area contributed by atoms with E-state index in [1.54, 1.807) is 23.1 Å². The minimum atomic E-state index is 0.222. The zero-order chi connectivity index (χ0) is 18.8. The molecule has 1 fully saturated rings. The number of carbonyl (C=O) groups excluding carboxylic acids is 1. The molecule has 1 aliphatic rings. The Kier molecular flexibility index (Phi) is 5.36. The highest BCUT2D eigenvalue weighted by Crippen LogP contribution is 2.32. The van der Waals surface area contributed by atoms with Crippen molar-refractivity contribution in [3.63, 3.8) is 0 Å². The molecule has 0 bridgehead atoms. The quantitative estimate of drug-likeness (QED) is 0.613. The van der Waals surface area contributed by atoms with Crippen LogP contribution in [0.1, 0.15) is 11.1 Å². The van der Waals surface area contributed by atoms with Crippen LogP contribution in [-0.4, -0.2) is 47.7 Å². The first-order valence-electron chi connectivity index (χ1n) is 9.18. The smallest absolute Gasteiger partial charge is 0.233 e. The van der Waals surface area contributed by atoms with Crippen LogP contribution in [0.5, 0.6) is 0 Å². The van der Waals surface area contributed by atoms with E-state index in [0.29, 0.717) is 5.75 Å². The Morgan fingerprint density at radius 1 is 1.11 bits per heavy atom. The molecule has 2 heterocycles. The Morgan fingerprint density at radius 3 is 2.59 bits per heavy atom. The van der Waals surface area contributed by atoms with Gasteiger partial charge in [-0.2, -0.15) is 0 Å². The van der Waals surface area contributed by atoms with E-state index in [-0.39, 0.29) is 5.91 Å². The van der Waals surface area contributed by atoms with Crippen LogP contribution in [0.15, 0.2) is 47.4 Å². The summed E-state index contributed by atoms with van der Waals surface area (Å²) in [6.45, 7) is 7.48. The molecule has 0 unspecified atom stereocenters. The van der Waals surface area contributed by atoms with Gasteiger partial charge in [0.2, 0.25) is 5.91 Å². The molecule has 1 saturated heterocycles. The highest BCUT2D eigenvalue weighted by atomic mass is 32.2. The van der Waals surface area contributed by atoms with Gasteiger partial charge in [0.25, 0.3) is 0 Å². The molecule has 4 rings (SSSR count). The van der Waals surface area contributed by atoms with Gasteiger partial charge in [0, 0.05) is 31.1 Å². The molecule has 0 aliphatic carbocycles. The Balaban J connectivity index is 1.36. The lowest BCUT2D eigenvalue weighted by Gasteiger charge is -2.34. The largest absolute Gasteiger partial charge is 0.345 e. The first-order chi connectivity index (χ1) is 13.1. The number of piperazine rings is 1. The Labute approximate surface area is 168 Å². The number of aryl methyl sites for hydroxylation is 2. The maximum atomic E-state index is 12.5. The van der Waals surface area contributed by atoms with Crippen LogP contribution in [0.4, 0.5) is 5.13 Å². The summed E-state index contributed by atoms with van der Waals surface area (Å²) in [7, 11) is 0. The third-order valence-electron chi connectivity index (χ3n) is 4.83. The molecule has 0 spiro atoms. The number of aromatic nitrogens is 1. The van der Waals surface area contributed by atoms with Gasteiger partial charge < -0.3 is 9.80 Å². The molecule has 1 amide bonds. The molecule has 1 aliphatic heterocycles. The lowest BCUT2D eigenvalue weighted by molar-refractivity contribution is -0.128. The molecule has 1 aromatic heterocycles. The minimum Gasteiger partial charge on any atom is -0.345 e. The molecule has 27 heavy (non-hydrogen) atoms. The molecule has 6 heteroatoms. The molecule has 0 radical (unpaired) electrons. The molecule has 0 N–H and O–H groups in total. The number of hydrogen-bond donors (Lipinski definition) is 0. The molecule has 0 atom stereocenters. The summed E-state index contributed by atoms with van der Waals surface area (Å²) >= 11 is 3.37.